The maximum absolute atomic E-state index is 10.6. The zero-order valence-electron chi connectivity index (χ0n) is 16.4. The zero-order chi connectivity index (χ0) is 19.3. The summed E-state index contributed by atoms with van der Waals surface area (Å²) >= 11 is 0. The van der Waals surface area contributed by atoms with Crippen LogP contribution in [-0.4, -0.2) is 16.4 Å². The summed E-state index contributed by atoms with van der Waals surface area (Å²) in [5.41, 5.74) is 5.29. The molecule has 0 atom stereocenters. The molecule has 0 rings (SSSR count). The molecule has 0 saturated carbocycles. The van der Waals surface area contributed by atoms with Crippen LogP contribution in [0.2, 0.25) is 0 Å². The molecule has 0 bridgehead atoms. The Morgan fingerprint density at radius 1 is 0.760 bits per heavy atom. The third kappa shape index (κ3) is 17.7. The fourth-order valence-electron chi connectivity index (χ4n) is 2.26. The monoisotopic (exact) mass is 370 g/mol. The summed E-state index contributed by atoms with van der Waals surface area (Å²) in [7, 11) is -4.36. The molecule has 0 unspecified atom stereocenters. The lowest BCUT2D eigenvalue weighted by Crippen LogP contribution is -1.89. The van der Waals surface area contributed by atoms with Crippen LogP contribution in [0.15, 0.2) is 46.6 Å². The van der Waals surface area contributed by atoms with Crippen LogP contribution in [0.1, 0.15) is 73.1 Å². The van der Waals surface area contributed by atoms with Crippen LogP contribution in [0.25, 0.3) is 0 Å². The fourth-order valence-corrected chi connectivity index (χ4v) is 2.53. The summed E-state index contributed by atoms with van der Waals surface area (Å²) in [6.07, 6.45) is 14.8. The Balaban J connectivity index is 4.03. The van der Waals surface area contributed by atoms with Crippen molar-refractivity contribution < 1.29 is 18.9 Å². The van der Waals surface area contributed by atoms with Gasteiger partial charge < -0.3 is 9.79 Å². The lowest BCUT2D eigenvalue weighted by atomic mass is 10.0. The largest absolute Gasteiger partial charge is 0.469 e. The molecule has 2 N–H and O–H groups in total. The first kappa shape index (κ1) is 24.1. The first-order chi connectivity index (χ1) is 11.6. The van der Waals surface area contributed by atoms with Gasteiger partial charge in [0.25, 0.3) is 0 Å². The van der Waals surface area contributed by atoms with Crippen molar-refractivity contribution in [2.75, 3.05) is 6.61 Å². The molecule has 5 heteroatoms. The van der Waals surface area contributed by atoms with E-state index in [0.29, 0.717) is 0 Å². The predicted molar refractivity (Wildman–Crippen MR) is 106 cm³/mol. The maximum atomic E-state index is 10.6. The van der Waals surface area contributed by atoms with Gasteiger partial charge in [-0.15, -0.1) is 0 Å². The van der Waals surface area contributed by atoms with Gasteiger partial charge in [-0.1, -0.05) is 46.6 Å². The molecule has 0 saturated heterocycles. The van der Waals surface area contributed by atoms with Gasteiger partial charge in [-0.25, -0.2) is 4.57 Å². The Labute approximate surface area is 153 Å². The Kier molecular flexibility index (Phi) is 12.8. The molecule has 0 radical (unpaired) electrons. The Hall–Kier alpha value is -0.930. The molecule has 0 aliphatic carbocycles. The molecule has 4 nitrogen and oxygen atoms in total. The quantitative estimate of drug-likeness (QED) is 0.315. The second kappa shape index (κ2) is 13.3. The van der Waals surface area contributed by atoms with Gasteiger partial charge in [0, 0.05) is 0 Å². The van der Waals surface area contributed by atoms with Crippen molar-refractivity contribution >= 4 is 7.82 Å². The van der Waals surface area contributed by atoms with E-state index in [1.165, 1.54) is 16.7 Å². The van der Waals surface area contributed by atoms with E-state index in [9.17, 15) is 4.57 Å². The van der Waals surface area contributed by atoms with Crippen LogP contribution in [0, 0.1) is 0 Å². The van der Waals surface area contributed by atoms with Gasteiger partial charge in [-0.05, 0) is 73.1 Å². The summed E-state index contributed by atoms with van der Waals surface area (Å²) in [6.45, 7) is 10.5. The van der Waals surface area contributed by atoms with E-state index < -0.39 is 7.82 Å². The molecule has 0 aromatic carbocycles. The highest BCUT2D eigenvalue weighted by atomic mass is 31.2. The maximum Gasteiger partial charge on any atom is 0.469 e. The van der Waals surface area contributed by atoms with Crippen LogP contribution in [0.3, 0.4) is 0 Å². The van der Waals surface area contributed by atoms with Gasteiger partial charge >= 0.3 is 7.82 Å². The molecular formula is C20H35O4P. The summed E-state index contributed by atoms with van der Waals surface area (Å²) in [6, 6.07) is 0. The lowest BCUT2D eigenvalue weighted by Gasteiger charge is -2.04. The van der Waals surface area contributed by atoms with Crippen LogP contribution < -0.4 is 0 Å². The smallest absolute Gasteiger partial charge is 0.303 e. The van der Waals surface area contributed by atoms with E-state index in [2.05, 4.69) is 50.4 Å². The molecule has 0 aromatic rings. The highest BCUT2D eigenvalue weighted by Crippen LogP contribution is 2.35. The van der Waals surface area contributed by atoms with E-state index >= 15 is 0 Å². The topological polar surface area (TPSA) is 66.8 Å². The predicted octanol–water partition coefficient (Wildman–Crippen LogP) is 6.24. The third-order valence-electron chi connectivity index (χ3n) is 3.83. The molecule has 0 amide bonds. The molecule has 0 fully saturated rings. The summed E-state index contributed by atoms with van der Waals surface area (Å²) in [4.78, 5) is 17.2. The first-order valence-electron chi connectivity index (χ1n) is 8.90. The SMILES string of the molecule is CC(C)=CCC/C(C)=C/CCC(C)=CCCC(C)=CCOP(=O)(O)O. The number of rotatable bonds is 12. The van der Waals surface area contributed by atoms with Gasteiger partial charge in [0.1, 0.15) is 0 Å². The van der Waals surface area contributed by atoms with Crippen molar-refractivity contribution in [3.63, 3.8) is 0 Å². The van der Waals surface area contributed by atoms with Crippen molar-refractivity contribution in [3.05, 3.63) is 46.6 Å². The van der Waals surface area contributed by atoms with Gasteiger partial charge in [0.15, 0.2) is 0 Å². The van der Waals surface area contributed by atoms with Crippen LogP contribution >= 0.6 is 7.82 Å². The van der Waals surface area contributed by atoms with Crippen molar-refractivity contribution in [1.82, 2.24) is 0 Å². The van der Waals surface area contributed by atoms with Crippen molar-refractivity contribution in [2.45, 2.75) is 73.1 Å². The minimum Gasteiger partial charge on any atom is -0.303 e. The van der Waals surface area contributed by atoms with E-state index in [0.717, 1.165) is 44.1 Å². The average Bonchev–Trinajstić information content (AvgIpc) is 2.45. The number of phosphoric ester groups is 1. The Morgan fingerprint density at radius 2 is 1.16 bits per heavy atom. The third-order valence-corrected chi connectivity index (χ3v) is 4.31. The Morgan fingerprint density at radius 3 is 1.56 bits per heavy atom. The molecule has 0 aromatic heterocycles. The molecule has 0 spiro atoms. The fraction of sp³-hybridized carbons (Fsp3) is 0.600. The van der Waals surface area contributed by atoms with Crippen LogP contribution in [-0.2, 0) is 9.09 Å². The van der Waals surface area contributed by atoms with Crippen LogP contribution in [0.5, 0.6) is 0 Å². The molecule has 144 valence electrons. The number of phosphoric acid groups is 1. The van der Waals surface area contributed by atoms with Gasteiger partial charge in [0.05, 0.1) is 6.61 Å². The second-order valence-corrected chi connectivity index (χ2v) is 8.07. The molecule has 25 heavy (non-hydrogen) atoms. The van der Waals surface area contributed by atoms with Crippen molar-refractivity contribution in [2.24, 2.45) is 0 Å². The average molecular weight is 370 g/mol. The zero-order valence-corrected chi connectivity index (χ0v) is 17.3. The number of allylic oxidation sites excluding steroid dienone is 7. The number of hydrogen-bond donors (Lipinski definition) is 2. The number of hydrogen-bond acceptors (Lipinski definition) is 2. The van der Waals surface area contributed by atoms with Crippen molar-refractivity contribution in [1.29, 1.82) is 0 Å². The summed E-state index contributed by atoms with van der Waals surface area (Å²) in [5.74, 6) is 0. The summed E-state index contributed by atoms with van der Waals surface area (Å²) in [5, 5.41) is 0. The minimum absolute atomic E-state index is 0.0460. The van der Waals surface area contributed by atoms with Crippen LogP contribution in [0.4, 0.5) is 0 Å². The highest BCUT2D eigenvalue weighted by Gasteiger charge is 2.11. The van der Waals surface area contributed by atoms with E-state index in [1.807, 2.05) is 6.92 Å². The second-order valence-electron chi connectivity index (χ2n) is 6.84. The molecular weight excluding hydrogens is 335 g/mol. The van der Waals surface area contributed by atoms with E-state index in [1.54, 1.807) is 6.08 Å². The first-order valence-corrected chi connectivity index (χ1v) is 10.4. The normalized spacial score (nSPS) is 14.0. The molecule has 0 aliphatic rings. The minimum atomic E-state index is -4.36. The molecule has 0 heterocycles. The highest BCUT2D eigenvalue weighted by molar-refractivity contribution is 7.46. The standard InChI is InChI=1S/C20H35O4P/c1-17(2)9-6-10-18(3)11-7-12-19(4)13-8-14-20(5)15-16-24-25(21,22)23/h9,11,13,15H,6-8,10,12,14,16H2,1-5H3,(H2,21,22,23)/b18-11+,19-13?,20-15?. The van der Waals surface area contributed by atoms with Gasteiger partial charge in [-0.3, -0.25) is 4.52 Å². The van der Waals surface area contributed by atoms with E-state index in [-0.39, 0.29) is 6.61 Å². The molecule has 0 aliphatic heterocycles. The van der Waals surface area contributed by atoms with Crippen molar-refractivity contribution in [3.8, 4) is 0 Å². The Bertz CT molecular complexity index is 546. The summed E-state index contributed by atoms with van der Waals surface area (Å²) < 4.78 is 15.0. The lowest BCUT2D eigenvalue weighted by molar-refractivity contribution is 0.215. The van der Waals surface area contributed by atoms with Gasteiger partial charge in [0.2, 0.25) is 0 Å². The van der Waals surface area contributed by atoms with Gasteiger partial charge in [-0.2, -0.15) is 0 Å². The van der Waals surface area contributed by atoms with E-state index in [4.69, 9.17) is 9.79 Å².